The molecule has 1 fully saturated rings. The molecule has 0 aliphatic carbocycles. The van der Waals surface area contributed by atoms with E-state index in [0.29, 0.717) is 11.6 Å². The van der Waals surface area contributed by atoms with Crippen molar-refractivity contribution >= 4 is 17.3 Å². The van der Waals surface area contributed by atoms with Gasteiger partial charge in [0, 0.05) is 19.5 Å². The third kappa shape index (κ3) is 3.93. The molecule has 0 radical (unpaired) electrons. The first kappa shape index (κ1) is 16.6. The van der Waals surface area contributed by atoms with Crippen molar-refractivity contribution < 1.29 is 18.0 Å². The number of nitrogens with one attached hydrogen (secondary N) is 1. The molecule has 1 aromatic rings. The van der Waals surface area contributed by atoms with Crippen LogP contribution in [0.4, 0.5) is 24.5 Å². The molecule has 0 atom stereocenters. The number of rotatable bonds is 3. The lowest BCUT2D eigenvalue weighted by Crippen LogP contribution is -2.33. The number of hydrogen-bond donors (Lipinski definition) is 1. The van der Waals surface area contributed by atoms with Crippen molar-refractivity contribution in [1.82, 2.24) is 0 Å². The smallest absolute Gasteiger partial charge is 0.370 e. The van der Waals surface area contributed by atoms with E-state index in [-0.39, 0.29) is 18.0 Å². The summed E-state index contributed by atoms with van der Waals surface area (Å²) in [6, 6.07) is 3.57. The Hall–Kier alpha value is -1.72. The third-order valence-electron chi connectivity index (χ3n) is 4.04. The van der Waals surface area contributed by atoms with Crippen molar-refractivity contribution in [2.24, 2.45) is 5.92 Å². The highest BCUT2D eigenvalue weighted by Gasteiger charge is 2.32. The van der Waals surface area contributed by atoms with Gasteiger partial charge < -0.3 is 10.2 Å². The van der Waals surface area contributed by atoms with Gasteiger partial charge in [0.05, 0.1) is 16.9 Å². The van der Waals surface area contributed by atoms with Gasteiger partial charge in [-0.1, -0.05) is 13.8 Å². The standard InChI is InChI=1S/C16H21F3N2O/c1-3-15(22)20-13-10-12(16(17,18)19)4-5-14(13)21-8-6-11(2)7-9-21/h4-5,10-11H,3,6-9H2,1-2H3,(H,20,22). The Kier molecular flexibility index (Phi) is 4.98. The minimum atomic E-state index is -4.42. The second kappa shape index (κ2) is 6.58. The maximum atomic E-state index is 12.9. The largest absolute Gasteiger partial charge is 0.416 e. The number of amides is 1. The zero-order valence-corrected chi connectivity index (χ0v) is 12.8. The highest BCUT2D eigenvalue weighted by atomic mass is 19.4. The number of anilines is 2. The molecule has 6 heteroatoms. The van der Waals surface area contributed by atoms with E-state index in [1.807, 2.05) is 4.90 Å². The summed E-state index contributed by atoms with van der Waals surface area (Å²) in [4.78, 5) is 13.7. The molecule has 0 spiro atoms. The molecule has 1 N–H and O–H groups in total. The van der Waals surface area contributed by atoms with Crippen LogP contribution in [0.1, 0.15) is 38.7 Å². The summed E-state index contributed by atoms with van der Waals surface area (Å²) in [7, 11) is 0. The molecule has 0 aromatic heterocycles. The normalized spacial score (nSPS) is 16.7. The lowest BCUT2D eigenvalue weighted by atomic mass is 9.98. The van der Waals surface area contributed by atoms with Crippen LogP contribution in [0.2, 0.25) is 0 Å². The van der Waals surface area contributed by atoms with Crippen molar-refractivity contribution in [3.8, 4) is 0 Å². The first-order valence-corrected chi connectivity index (χ1v) is 7.57. The number of piperidine rings is 1. The number of halogens is 3. The van der Waals surface area contributed by atoms with Gasteiger partial charge >= 0.3 is 6.18 Å². The number of carbonyl (C=O) groups excluding carboxylic acids is 1. The van der Waals surface area contributed by atoms with Crippen LogP contribution < -0.4 is 10.2 Å². The van der Waals surface area contributed by atoms with Crippen LogP contribution in [0.3, 0.4) is 0 Å². The van der Waals surface area contributed by atoms with Crippen LogP contribution in [0.5, 0.6) is 0 Å². The van der Waals surface area contributed by atoms with Crippen molar-refractivity contribution in [2.75, 3.05) is 23.3 Å². The molecule has 1 aliphatic rings. The SMILES string of the molecule is CCC(=O)Nc1cc(C(F)(F)F)ccc1N1CCC(C)CC1. The Labute approximate surface area is 128 Å². The summed E-state index contributed by atoms with van der Waals surface area (Å²) in [5, 5.41) is 2.60. The maximum Gasteiger partial charge on any atom is 0.416 e. The molecule has 0 unspecified atom stereocenters. The summed E-state index contributed by atoms with van der Waals surface area (Å²) in [6.07, 6.45) is -2.18. The molecule has 0 saturated carbocycles. The van der Waals surface area contributed by atoms with Crippen LogP contribution >= 0.6 is 0 Å². The molecule has 22 heavy (non-hydrogen) atoms. The van der Waals surface area contributed by atoms with Crippen LogP contribution in [0.15, 0.2) is 18.2 Å². The van der Waals surface area contributed by atoms with E-state index < -0.39 is 11.7 Å². The second-order valence-electron chi connectivity index (χ2n) is 5.80. The van der Waals surface area contributed by atoms with Gasteiger partial charge in [0.1, 0.15) is 0 Å². The number of alkyl halides is 3. The fourth-order valence-electron chi connectivity index (χ4n) is 2.58. The van der Waals surface area contributed by atoms with Crippen LogP contribution in [-0.4, -0.2) is 19.0 Å². The predicted octanol–water partition coefficient (Wildman–Crippen LogP) is 4.29. The van der Waals surface area contributed by atoms with Gasteiger partial charge in [-0.3, -0.25) is 4.79 Å². The Balaban J connectivity index is 2.33. The average molecular weight is 314 g/mol. The Morgan fingerprint density at radius 2 is 1.95 bits per heavy atom. The second-order valence-corrected chi connectivity index (χ2v) is 5.80. The van der Waals surface area contributed by atoms with E-state index in [1.54, 1.807) is 6.92 Å². The monoisotopic (exact) mass is 314 g/mol. The Bertz CT molecular complexity index is 535. The number of benzene rings is 1. The average Bonchev–Trinajstić information content (AvgIpc) is 2.47. The lowest BCUT2D eigenvalue weighted by Gasteiger charge is -2.33. The molecular formula is C16H21F3N2O. The highest BCUT2D eigenvalue weighted by molar-refractivity contribution is 5.94. The number of hydrogen-bond acceptors (Lipinski definition) is 2. The zero-order valence-electron chi connectivity index (χ0n) is 12.8. The Morgan fingerprint density at radius 1 is 1.32 bits per heavy atom. The van der Waals surface area contributed by atoms with Gasteiger partial charge in [0.2, 0.25) is 5.91 Å². The van der Waals surface area contributed by atoms with E-state index in [9.17, 15) is 18.0 Å². The Morgan fingerprint density at radius 3 is 2.50 bits per heavy atom. The van der Waals surface area contributed by atoms with Crippen LogP contribution in [-0.2, 0) is 11.0 Å². The third-order valence-corrected chi connectivity index (χ3v) is 4.04. The molecule has 1 aromatic carbocycles. The molecule has 0 bridgehead atoms. The van der Waals surface area contributed by atoms with E-state index >= 15 is 0 Å². The van der Waals surface area contributed by atoms with E-state index in [0.717, 1.165) is 38.1 Å². The molecule has 1 heterocycles. The molecule has 2 rings (SSSR count). The van der Waals surface area contributed by atoms with Crippen LogP contribution in [0.25, 0.3) is 0 Å². The first-order chi connectivity index (χ1) is 10.3. The lowest BCUT2D eigenvalue weighted by molar-refractivity contribution is -0.137. The van der Waals surface area contributed by atoms with Crippen molar-refractivity contribution in [3.05, 3.63) is 23.8 Å². The fourth-order valence-corrected chi connectivity index (χ4v) is 2.58. The van der Waals surface area contributed by atoms with Gasteiger partial charge in [0.25, 0.3) is 0 Å². The molecule has 1 aliphatic heterocycles. The van der Waals surface area contributed by atoms with Crippen molar-refractivity contribution in [2.45, 2.75) is 39.3 Å². The van der Waals surface area contributed by atoms with Gasteiger partial charge in [0.15, 0.2) is 0 Å². The van der Waals surface area contributed by atoms with Gasteiger partial charge in [-0.15, -0.1) is 0 Å². The topological polar surface area (TPSA) is 32.3 Å². The quantitative estimate of drug-likeness (QED) is 0.902. The highest BCUT2D eigenvalue weighted by Crippen LogP contribution is 2.36. The van der Waals surface area contributed by atoms with Crippen LogP contribution in [0, 0.1) is 5.92 Å². The minimum Gasteiger partial charge on any atom is -0.370 e. The van der Waals surface area contributed by atoms with Gasteiger partial charge in [-0.05, 0) is 37.0 Å². The minimum absolute atomic E-state index is 0.229. The molecular weight excluding hydrogens is 293 g/mol. The summed E-state index contributed by atoms with van der Waals surface area (Å²) < 4.78 is 38.7. The molecule has 122 valence electrons. The first-order valence-electron chi connectivity index (χ1n) is 7.57. The summed E-state index contributed by atoms with van der Waals surface area (Å²) in [5.41, 5.74) is 0.172. The van der Waals surface area contributed by atoms with Gasteiger partial charge in [-0.2, -0.15) is 13.2 Å². The van der Waals surface area contributed by atoms with E-state index in [1.165, 1.54) is 6.07 Å². The van der Waals surface area contributed by atoms with E-state index in [4.69, 9.17) is 0 Å². The number of carbonyl (C=O) groups is 1. The molecule has 3 nitrogen and oxygen atoms in total. The zero-order chi connectivity index (χ0) is 16.3. The van der Waals surface area contributed by atoms with Crippen molar-refractivity contribution in [1.29, 1.82) is 0 Å². The van der Waals surface area contributed by atoms with Crippen molar-refractivity contribution in [3.63, 3.8) is 0 Å². The van der Waals surface area contributed by atoms with Gasteiger partial charge in [-0.25, -0.2) is 0 Å². The fraction of sp³-hybridized carbons (Fsp3) is 0.562. The molecule has 1 amide bonds. The summed E-state index contributed by atoms with van der Waals surface area (Å²) in [6.45, 7) is 5.43. The maximum absolute atomic E-state index is 12.9. The number of nitrogens with zero attached hydrogens (tertiary/aromatic N) is 1. The summed E-state index contributed by atoms with van der Waals surface area (Å²) >= 11 is 0. The predicted molar refractivity (Wildman–Crippen MR) is 81.0 cm³/mol. The van der Waals surface area contributed by atoms with E-state index in [2.05, 4.69) is 12.2 Å². The summed E-state index contributed by atoms with van der Waals surface area (Å²) in [5.74, 6) is 0.338. The molecule has 1 saturated heterocycles.